The van der Waals surface area contributed by atoms with Crippen molar-refractivity contribution in [1.82, 2.24) is 14.9 Å². The maximum Gasteiger partial charge on any atom is 0.251 e. The highest BCUT2D eigenvalue weighted by molar-refractivity contribution is 5.94. The molecule has 0 fully saturated rings. The second-order valence-corrected chi connectivity index (χ2v) is 6.13. The number of carbonyl (C=O) groups is 1. The predicted molar refractivity (Wildman–Crippen MR) is 93.2 cm³/mol. The Hall–Kier alpha value is -2.88. The summed E-state index contributed by atoms with van der Waals surface area (Å²) in [6.45, 7) is 0. The highest BCUT2D eigenvalue weighted by Gasteiger charge is 2.21. The van der Waals surface area contributed by atoms with Gasteiger partial charge in [0, 0.05) is 23.6 Å². The van der Waals surface area contributed by atoms with Crippen molar-refractivity contribution in [3.05, 3.63) is 83.9 Å². The lowest BCUT2D eigenvalue weighted by atomic mass is 9.87. The Labute approximate surface area is 141 Å². The van der Waals surface area contributed by atoms with Crippen LogP contribution < -0.4 is 5.32 Å². The Morgan fingerprint density at radius 1 is 1.12 bits per heavy atom. The third kappa shape index (κ3) is 2.83. The van der Waals surface area contributed by atoms with Gasteiger partial charge in [-0.1, -0.05) is 24.3 Å². The number of rotatable bonds is 3. The Balaban J connectivity index is 1.51. The first-order valence-electron chi connectivity index (χ1n) is 8.28. The van der Waals surface area contributed by atoms with Crippen molar-refractivity contribution >= 4 is 5.91 Å². The number of amides is 1. The fourth-order valence-electron chi connectivity index (χ4n) is 3.34. The first-order valence-corrected chi connectivity index (χ1v) is 8.28. The Morgan fingerprint density at radius 2 is 1.96 bits per heavy atom. The fraction of sp³-hybridized carbons (Fsp3) is 0.200. The predicted octanol–water partition coefficient (Wildman–Crippen LogP) is 3.68. The lowest BCUT2D eigenvalue weighted by Crippen LogP contribution is -2.30. The van der Waals surface area contributed by atoms with Gasteiger partial charge in [-0.25, -0.2) is 4.98 Å². The van der Waals surface area contributed by atoms with Crippen LogP contribution in [-0.4, -0.2) is 15.5 Å². The Bertz CT molecular complexity index is 838. The molecule has 4 rings (SSSR count). The van der Waals surface area contributed by atoms with E-state index in [1.165, 1.54) is 11.1 Å². The number of imidazole rings is 1. The van der Waals surface area contributed by atoms with Gasteiger partial charge in [0.1, 0.15) is 0 Å². The summed E-state index contributed by atoms with van der Waals surface area (Å²) >= 11 is 0. The molecule has 1 N–H and O–H groups in total. The summed E-state index contributed by atoms with van der Waals surface area (Å²) < 4.78 is 1.92. The average Bonchev–Trinajstić information content (AvgIpc) is 3.17. The van der Waals surface area contributed by atoms with Crippen LogP contribution in [-0.2, 0) is 6.42 Å². The van der Waals surface area contributed by atoms with Gasteiger partial charge in [-0.15, -0.1) is 0 Å². The van der Waals surface area contributed by atoms with Crippen molar-refractivity contribution in [3.8, 4) is 5.69 Å². The Morgan fingerprint density at radius 3 is 2.75 bits per heavy atom. The van der Waals surface area contributed by atoms with E-state index in [0.717, 1.165) is 24.9 Å². The van der Waals surface area contributed by atoms with Gasteiger partial charge >= 0.3 is 0 Å². The van der Waals surface area contributed by atoms with Crippen molar-refractivity contribution in [2.24, 2.45) is 0 Å². The molecular weight excluding hydrogens is 298 g/mol. The third-order valence-electron chi connectivity index (χ3n) is 4.61. The van der Waals surface area contributed by atoms with Crippen molar-refractivity contribution < 1.29 is 4.79 Å². The summed E-state index contributed by atoms with van der Waals surface area (Å²) in [5, 5.41) is 3.19. The van der Waals surface area contributed by atoms with E-state index in [-0.39, 0.29) is 11.9 Å². The van der Waals surface area contributed by atoms with Gasteiger partial charge in [-0.3, -0.25) is 4.79 Å². The molecule has 0 bridgehead atoms. The van der Waals surface area contributed by atoms with Gasteiger partial charge in [0.15, 0.2) is 0 Å². The number of nitrogens with zero attached hydrogens (tertiary/aromatic N) is 2. The molecular formula is C20H19N3O. The second-order valence-electron chi connectivity index (χ2n) is 6.13. The monoisotopic (exact) mass is 317 g/mol. The zero-order valence-corrected chi connectivity index (χ0v) is 13.4. The van der Waals surface area contributed by atoms with Crippen LogP contribution in [0.5, 0.6) is 0 Å². The maximum atomic E-state index is 12.6. The van der Waals surface area contributed by atoms with Crippen LogP contribution in [0.25, 0.3) is 5.69 Å². The van der Waals surface area contributed by atoms with Crippen LogP contribution in [0, 0.1) is 0 Å². The zero-order valence-electron chi connectivity index (χ0n) is 13.4. The van der Waals surface area contributed by atoms with E-state index < -0.39 is 0 Å². The molecule has 4 nitrogen and oxygen atoms in total. The first-order chi connectivity index (χ1) is 11.8. The lowest BCUT2D eigenvalue weighted by molar-refractivity contribution is 0.0933. The summed E-state index contributed by atoms with van der Waals surface area (Å²) in [7, 11) is 0. The number of carbonyl (C=O) groups excluding carboxylic acids is 1. The van der Waals surface area contributed by atoms with Crippen molar-refractivity contribution in [2.45, 2.75) is 25.3 Å². The molecule has 0 spiro atoms. The van der Waals surface area contributed by atoms with E-state index in [9.17, 15) is 4.79 Å². The molecule has 1 aromatic heterocycles. The molecule has 4 heteroatoms. The molecule has 1 heterocycles. The van der Waals surface area contributed by atoms with E-state index in [4.69, 9.17) is 0 Å². The SMILES string of the molecule is O=C(NC1CCCc2ccccc21)c1ccc(-n2ccnc2)cc1. The minimum absolute atomic E-state index is 0.0196. The number of hydrogen-bond acceptors (Lipinski definition) is 2. The minimum atomic E-state index is -0.0196. The highest BCUT2D eigenvalue weighted by atomic mass is 16.1. The van der Waals surface area contributed by atoms with Crippen LogP contribution >= 0.6 is 0 Å². The molecule has 24 heavy (non-hydrogen) atoms. The zero-order chi connectivity index (χ0) is 16.4. The summed E-state index contributed by atoms with van der Waals surface area (Å²) in [5.41, 5.74) is 4.28. The van der Waals surface area contributed by atoms with Crippen molar-refractivity contribution in [1.29, 1.82) is 0 Å². The molecule has 1 aliphatic rings. The standard InChI is InChI=1S/C20H19N3O/c24-20(16-8-10-17(11-9-16)23-13-12-21-14-23)22-19-7-3-5-15-4-1-2-6-18(15)19/h1-2,4,6,8-14,19H,3,5,7H2,(H,22,24). The number of hydrogen-bond donors (Lipinski definition) is 1. The summed E-state index contributed by atoms with van der Waals surface area (Å²) in [6, 6.07) is 16.1. The summed E-state index contributed by atoms with van der Waals surface area (Å²) in [4.78, 5) is 16.6. The second kappa shape index (κ2) is 6.32. The average molecular weight is 317 g/mol. The molecule has 3 aromatic rings. The molecule has 1 aliphatic carbocycles. The van der Waals surface area contributed by atoms with Crippen LogP contribution in [0.4, 0.5) is 0 Å². The number of aryl methyl sites for hydroxylation is 1. The molecule has 1 unspecified atom stereocenters. The van der Waals surface area contributed by atoms with Crippen LogP contribution in [0.3, 0.4) is 0 Å². The molecule has 120 valence electrons. The van der Waals surface area contributed by atoms with Gasteiger partial charge in [-0.05, 0) is 54.7 Å². The van der Waals surface area contributed by atoms with Gasteiger partial charge in [0.05, 0.1) is 12.4 Å². The maximum absolute atomic E-state index is 12.6. The van der Waals surface area contributed by atoms with E-state index >= 15 is 0 Å². The van der Waals surface area contributed by atoms with Gasteiger partial charge in [-0.2, -0.15) is 0 Å². The van der Waals surface area contributed by atoms with E-state index in [2.05, 4.69) is 28.5 Å². The van der Waals surface area contributed by atoms with Gasteiger partial charge < -0.3 is 9.88 Å². The number of aromatic nitrogens is 2. The van der Waals surface area contributed by atoms with Crippen molar-refractivity contribution in [2.75, 3.05) is 0 Å². The van der Waals surface area contributed by atoms with Crippen LogP contribution in [0.1, 0.15) is 40.4 Å². The number of nitrogens with one attached hydrogen (secondary N) is 1. The molecule has 1 atom stereocenters. The summed E-state index contributed by atoms with van der Waals surface area (Å²) in [5.74, 6) is -0.0196. The molecule has 0 aliphatic heterocycles. The van der Waals surface area contributed by atoms with E-state index in [1.54, 1.807) is 12.5 Å². The van der Waals surface area contributed by atoms with Crippen molar-refractivity contribution in [3.63, 3.8) is 0 Å². The highest BCUT2D eigenvalue weighted by Crippen LogP contribution is 2.29. The smallest absolute Gasteiger partial charge is 0.251 e. The van der Waals surface area contributed by atoms with E-state index in [1.807, 2.05) is 41.1 Å². The summed E-state index contributed by atoms with van der Waals surface area (Å²) in [6.07, 6.45) is 8.57. The molecule has 0 radical (unpaired) electrons. The van der Waals surface area contributed by atoms with E-state index in [0.29, 0.717) is 5.56 Å². The van der Waals surface area contributed by atoms with Crippen LogP contribution in [0.15, 0.2) is 67.3 Å². The Kier molecular flexibility index (Phi) is 3.87. The first kappa shape index (κ1) is 14.7. The number of benzene rings is 2. The van der Waals surface area contributed by atoms with Gasteiger partial charge in [0.2, 0.25) is 0 Å². The molecule has 0 saturated heterocycles. The normalized spacial score (nSPS) is 16.4. The van der Waals surface area contributed by atoms with Crippen LogP contribution in [0.2, 0.25) is 0 Å². The molecule has 2 aromatic carbocycles. The largest absolute Gasteiger partial charge is 0.345 e. The fourth-order valence-corrected chi connectivity index (χ4v) is 3.34. The lowest BCUT2D eigenvalue weighted by Gasteiger charge is -2.26. The quantitative estimate of drug-likeness (QED) is 0.801. The third-order valence-corrected chi connectivity index (χ3v) is 4.61. The van der Waals surface area contributed by atoms with Gasteiger partial charge in [0.25, 0.3) is 5.91 Å². The molecule has 1 amide bonds. The molecule has 0 saturated carbocycles. The number of fused-ring (bicyclic) bond motifs is 1. The minimum Gasteiger partial charge on any atom is -0.345 e. The topological polar surface area (TPSA) is 46.9 Å².